The van der Waals surface area contributed by atoms with Crippen molar-refractivity contribution in [2.45, 2.75) is 6.42 Å². The Morgan fingerprint density at radius 2 is 1.62 bits per heavy atom. The minimum absolute atomic E-state index is 0.0148. The lowest BCUT2D eigenvalue weighted by molar-refractivity contribution is 0.150. The highest BCUT2D eigenvalue weighted by Gasteiger charge is 2.06. The number of benzene rings is 1. The van der Waals surface area contributed by atoms with Gasteiger partial charge in [0.1, 0.15) is 0 Å². The molecular formula is C10H15NO2. The first kappa shape index (κ1) is 10.0. The molecule has 0 atom stereocenters. The van der Waals surface area contributed by atoms with Gasteiger partial charge in [0.15, 0.2) is 0 Å². The average molecular weight is 181 g/mol. The SMILES string of the molecule is Nc1ccc(CC(CO)CO)cc1. The number of aliphatic hydroxyl groups is 2. The number of nitrogen functional groups attached to an aromatic ring is 1. The number of hydrogen-bond donors (Lipinski definition) is 3. The maximum absolute atomic E-state index is 8.86. The van der Waals surface area contributed by atoms with E-state index in [1.807, 2.05) is 24.3 Å². The molecule has 0 heterocycles. The van der Waals surface area contributed by atoms with Crippen LogP contribution in [0.3, 0.4) is 0 Å². The molecule has 0 fully saturated rings. The van der Waals surface area contributed by atoms with Crippen molar-refractivity contribution in [3.05, 3.63) is 29.8 Å². The molecule has 1 rings (SSSR count). The average Bonchev–Trinajstić information content (AvgIpc) is 2.17. The molecule has 3 nitrogen and oxygen atoms in total. The van der Waals surface area contributed by atoms with Crippen LogP contribution in [0.25, 0.3) is 0 Å². The second kappa shape index (κ2) is 4.84. The number of aliphatic hydroxyl groups excluding tert-OH is 2. The predicted octanol–water partition coefficient (Wildman–Crippen LogP) is 0.412. The summed E-state index contributed by atoms with van der Waals surface area (Å²) in [7, 11) is 0. The van der Waals surface area contributed by atoms with Crippen LogP contribution in [0.4, 0.5) is 5.69 Å². The third-order valence-corrected chi connectivity index (χ3v) is 2.02. The number of rotatable bonds is 4. The van der Waals surface area contributed by atoms with Crippen LogP contribution in [-0.2, 0) is 6.42 Å². The summed E-state index contributed by atoms with van der Waals surface area (Å²) in [4.78, 5) is 0. The fraction of sp³-hybridized carbons (Fsp3) is 0.400. The Balaban J connectivity index is 2.58. The van der Waals surface area contributed by atoms with Crippen molar-refractivity contribution in [1.82, 2.24) is 0 Å². The monoisotopic (exact) mass is 181 g/mol. The molecule has 0 saturated carbocycles. The zero-order valence-corrected chi connectivity index (χ0v) is 7.48. The Morgan fingerprint density at radius 1 is 1.08 bits per heavy atom. The summed E-state index contributed by atoms with van der Waals surface area (Å²) in [5.74, 6) is -0.0661. The first-order chi connectivity index (χ1) is 6.26. The van der Waals surface area contributed by atoms with Gasteiger partial charge in [-0.25, -0.2) is 0 Å². The van der Waals surface area contributed by atoms with E-state index in [0.29, 0.717) is 6.42 Å². The van der Waals surface area contributed by atoms with Crippen LogP contribution < -0.4 is 5.73 Å². The van der Waals surface area contributed by atoms with E-state index >= 15 is 0 Å². The Hall–Kier alpha value is -1.06. The molecule has 0 spiro atoms. The van der Waals surface area contributed by atoms with E-state index in [1.54, 1.807) is 0 Å². The van der Waals surface area contributed by atoms with Crippen molar-refractivity contribution in [2.24, 2.45) is 5.92 Å². The van der Waals surface area contributed by atoms with Gasteiger partial charge in [-0.15, -0.1) is 0 Å². The largest absolute Gasteiger partial charge is 0.399 e. The van der Waals surface area contributed by atoms with E-state index in [-0.39, 0.29) is 19.1 Å². The molecule has 0 radical (unpaired) electrons. The number of nitrogens with two attached hydrogens (primary N) is 1. The molecule has 1 aromatic carbocycles. The lowest BCUT2D eigenvalue weighted by Crippen LogP contribution is -2.13. The quantitative estimate of drug-likeness (QED) is 0.589. The van der Waals surface area contributed by atoms with Crippen molar-refractivity contribution in [3.8, 4) is 0 Å². The lowest BCUT2D eigenvalue weighted by atomic mass is 10.0. The predicted molar refractivity (Wildman–Crippen MR) is 52.2 cm³/mol. The molecular weight excluding hydrogens is 166 g/mol. The molecule has 4 N–H and O–H groups in total. The van der Waals surface area contributed by atoms with Crippen molar-refractivity contribution in [2.75, 3.05) is 18.9 Å². The topological polar surface area (TPSA) is 66.5 Å². The van der Waals surface area contributed by atoms with Gasteiger partial charge in [-0.05, 0) is 24.1 Å². The van der Waals surface area contributed by atoms with E-state index in [9.17, 15) is 0 Å². The van der Waals surface area contributed by atoms with Crippen LogP contribution in [0.1, 0.15) is 5.56 Å². The summed E-state index contributed by atoms with van der Waals surface area (Å²) in [6.45, 7) is 0.0295. The van der Waals surface area contributed by atoms with E-state index in [1.165, 1.54) is 0 Å². The Kier molecular flexibility index (Phi) is 3.73. The molecule has 3 heteroatoms. The fourth-order valence-electron chi connectivity index (χ4n) is 1.17. The summed E-state index contributed by atoms with van der Waals surface area (Å²) < 4.78 is 0. The van der Waals surface area contributed by atoms with Crippen LogP contribution in [-0.4, -0.2) is 23.4 Å². The first-order valence-electron chi connectivity index (χ1n) is 4.32. The normalized spacial score (nSPS) is 10.7. The Morgan fingerprint density at radius 3 is 2.08 bits per heavy atom. The minimum atomic E-state index is -0.0661. The molecule has 0 aliphatic carbocycles. The molecule has 0 amide bonds. The molecule has 1 aromatic rings. The van der Waals surface area contributed by atoms with Crippen molar-refractivity contribution < 1.29 is 10.2 Å². The summed E-state index contributed by atoms with van der Waals surface area (Å²) in [5, 5.41) is 17.7. The molecule has 0 aromatic heterocycles. The van der Waals surface area contributed by atoms with Gasteiger partial charge in [-0.2, -0.15) is 0 Å². The van der Waals surface area contributed by atoms with Gasteiger partial charge in [0, 0.05) is 24.8 Å². The number of hydrogen-bond acceptors (Lipinski definition) is 3. The third-order valence-electron chi connectivity index (χ3n) is 2.02. The zero-order valence-electron chi connectivity index (χ0n) is 7.48. The molecule has 0 bridgehead atoms. The third kappa shape index (κ3) is 3.05. The first-order valence-corrected chi connectivity index (χ1v) is 4.32. The summed E-state index contributed by atoms with van der Waals surface area (Å²) in [5.41, 5.74) is 7.34. The van der Waals surface area contributed by atoms with Crippen molar-refractivity contribution in [1.29, 1.82) is 0 Å². The van der Waals surface area contributed by atoms with Crippen LogP contribution in [0.2, 0.25) is 0 Å². The minimum Gasteiger partial charge on any atom is -0.399 e. The van der Waals surface area contributed by atoms with Crippen LogP contribution in [0, 0.1) is 5.92 Å². The van der Waals surface area contributed by atoms with Gasteiger partial charge in [-0.1, -0.05) is 12.1 Å². The number of anilines is 1. The van der Waals surface area contributed by atoms with Gasteiger partial charge in [0.05, 0.1) is 0 Å². The van der Waals surface area contributed by atoms with Crippen molar-refractivity contribution >= 4 is 5.69 Å². The van der Waals surface area contributed by atoms with Gasteiger partial charge in [-0.3, -0.25) is 0 Å². The molecule has 0 aliphatic heterocycles. The van der Waals surface area contributed by atoms with Gasteiger partial charge in [0.2, 0.25) is 0 Å². The highest BCUT2D eigenvalue weighted by atomic mass is 16.3. The molecule has 13 heavy (non-hydrogen) atoms. The van der Waals surface area contributed by atoms with Gasteiger partial charge >= 0.3 is 0 Å². The van der Waals surface area contributed by atoms with Crippen LogP contribution in [0.5, 0.6) is 0 Å². The van der Waals surface area contributed by atoms with Crippen molar-refractivity contribution in [3.63, 3.8) is 0 Å². The fourth-order valence-corrected chi connectivity index (χ4v) is 1.17. The van der Waals surface area contributed by atoms with Crippen LogP contribution in [0.15, 0.2) is 24.3 Å². The van der Waals surface area contributed by atoms with Gasteiger partial charge < -0.3 is 15.9 Å². The second-order valence-electron chi connectivity index (χ2n) is 3.18. The molecule has 0 unspecified atom stereocenters. The molecule has 0 aliphatic rings. The Bertz CT molecular complexity index is 242. The smallest absolute Gasteiger partial charge is 0.0484 e. The maximum atomic E-state index is 8.86. The standard InChI is InChI=1S/C10H15NO2/c11-10-3-1-8(2-4-10)5-9(6-12)7-13/h1-4,9,12-13H,5-7,11H2. The summed E-state index contributed by atoms with van der Waals surface area (Å²) >= 11 is 0. The zero-order chi connectivity index (χ0) is 9.68. The van der Waals surface area contributed by atoms with Crippen LogP contribution >= 0.6 is 0 Å². The molecule has 0 saturated heterocycles. The van der Waals surface area contributed by atoms with Gasteiger partial charge in [0.25, 0.3) is 0 Å². The molecule has 72 valence electrons. The van der Waals surface area contributed by atoms with E-state index in [4.69, 9.17) is 15.9 Å². The Labute approximate surface area is 77.8 Å². The summed E-state index contributed by atoms with van der Waals surface area (Å²) in [6, 6.07) is 7.46. The highest BCUT2D eigenvalue weighted by molar-refractivity contribution is 5.39. The van der Waals surface area contributed by atoms with E-state index in [0.717, 1.165) is 11.3 Å². The van der Waals surface area contributed by atoms with E-state index < -0.39 is 0 Å². The lowest BCUT2D eigenvalue weighted by Gasteiger charge is -2.10. The maximum Gasteiger partial charge on any atom is 0.0484 e. The van der Waals surface area contributed by atoms with E-state index in [2.05, 4.69) is 0 Å². The summed E-state index contributed by atoms with van der Waals surface area (Å²) in [6.07, 6.45) is 0.688. The highest BCUT2D eigenvalue weighted by Crippen LogP contribution is 2.10. The second-order valence-corrected chi connectivity index (χ2v) is 3.18.